The molecule has 1 heterocycles. The Bertz CT molecular complexity index is 305. The van der Waals surface area contributed by atoms with Crippen LogP contribution in [-0.2, 0) is 0 Å². The van der Waals surface area contributed by atoms with Crippen molar-refractivity contribution in [3.63, 3.8) is 0 Å². The molecule has 0 aliphatic heterocycles. The number of allylic oxidation sites excluding steroid dienone is 1. The molecule has 0 spiro atoms. The second-order valence-corrected chi connectivity index (χ2v) is 4.52. The summed E-state index contributed by atoms with van der Waals surface area (Å²) in [7, 11) is 0. The highest BCUT2D eigenvalue weighted by Gasteiger charge is 2.11. The van der Waals surface area contributed by atoms with Crippen LogP contribution in [0.25, 0.3) is 6.08 Å². The van der Waals surface area contributed by atoms with Gasteiger partial charge in [0.05, 0.1) is 0 Å². The van der Waals surface area contributed by atoms with Gasteiger partial charge in [-0.3, -0.25) is 0 Å². The Balaban J connectivity index is 2.63. The van der Waals surface area contributed by atoms with Crippen molar-refractivity contribution in [2.45, 2.75) is 40.5 Å². The van der Waals surface area contributed by atoms with Crippen molar-refractivity contribution < 1.29 is 4.42 Å². The summed E-state index contributed by atoms with van der Waals surface area (Å²) in [5.74, 6) is 1.92. The summed E-state index contributed by atoms with van der Waals surface area (Å²) < 4.78 is 5.47. The van der Waals surface area contributed by atoms with Crippen molar-refractivity contribution in [2.24, 2.45) is 5.41 Å². The Labute approximate surface area is 86.8 Å². The van der Waals surface area contributed by atoms with E-state index in [-0.39, 0.29) is 5.41 Å². The van der Waals surface area contributed by atoms with E-state index in [0.29, 0.717) is 0 Å². The summed E-state index contributed by atoms with van der Waals surface area (Å²) in [6.45, 7) is 8.69. The zero-order chi connectivity index (χ0) is 10.6. The quantitative estimate of drug-likeness (QED) is 0.688. The molecule has 0 atom stereocenters. The minimum absolute atomic E-state index is 0.273. The zero-order valence-corrected chi connectivity index (χ0v) is 9.63. The summed E-state index contributed by atoms with van der Waals surface area (Å²) in [5.41, 5.74) is 0.273. The van der Waals surface area contributed by atoms with E-state index in [1.165, 1.54) is 12.8 Å². The lowest BCUT2D eigenvalue weighted by Crippen LogP contribution is -2.05. The van der Waals surface area contributed by atoms with Crippen LogP contribution < -0.4 is 0 Å². The van der Waals surface area contributed by atoms with E-state index in [4.69, 9.17) is 4.42 Å². The molecular weight excluding hydrogens is 172 g/mol. The van der Waals surface area contributed by atoms with E-state index >= 15 is 0 Å². The highest BCUT2D eigenvalue weighted by molar-refractivity contribution is 5.43. The molecule has 1 nitrogen and oxygen atoms in total. The lowest BCUT2D eigenvalue weighted by Gasteiger charge is -2.18. The summed E-state index contributed by atoms with van der Waals surface area (Å²) in [6, 6.07) is 4.00. The first-order valence-corrected chi connectivity index (χ1v) is 5.29. The molecular formula is C13H20O. The van der Waals surface area contributed by atoms with Gasteiger partial charge in [-0.1, -0.05) is 33.3 Å². The maximum atomic E-state index is 5.47. The maximum absolute atomic E-state index is 5.47. The second kappa shape index (κ2) is 4.50. The van der Waals surface area contributed by atoms with Gasteiger partial charge < -0.3 is 4.42 Å². The van der Waals surface area contributed by atoms with Gasteiger partial charge in [-0.15, -0.1) is 0 Å². The summed E-state index contributed by atoms with van der Waals surface area (Å²) in [4.78, 5) is 0. The lowest BCUT2D eigenvalue weighted by atomic mass is 9.87. The third kappa shape index (κ3) is 3.41. The van der Waals surface area contributed by atoms with Crippen LogP contribution in [0.2, 0.25) is 0 Å². The number of furan rings is 1. The normalized spacial score (nSPS) is 12.6. The predicted octanol–water partition coefficient (Wildman–Crippen LogP) is 4.43. The molecule has 0 unspecified atom stereocenters. The highest BCUT2D eigenvalue weighted by Crippen LogP contribution is 2.25. The molecule has 0 fully saturated rings. The smallest absolute Gasteiger partial charge is 0.126 e. The average Bonchev–Trinajstić information content (AvgIpc) is 2.48. The molecule has 1 rings (SSSR count). The van der Waals surface area contributed by atoms with Gasteiger partial charge in [0.2, 0.25) is 0 Å². The molecule has 0 radical (unpaired) electrons. The molecule has 0 aliphatic rings. The van der Waals surface area contributed by atoms with Crippen LogP contribution in [0.5, 0.6) is 0 Å². The Hall–Kier alpha value is -0.980. The van der Waals surface area contributed by atoms with Gasteiger partial charge in [-0.2, -0.15) is 0 Å². The number of hydrogen-bond donors (Lipinski definition) is 0. The van der Waals surface area contributed by atoms with Crippen LogP contribution in [-0.4, -0.2) is 0 Å². The second-order valence-electron chi connectivity index (χ2n) is 4.52. The Morgan fingerprint density at radius 2 is 2.07 bits per heavy atom. The topological polar surface area (TPSA) is 13.1 Å². The summed E-state index contributed by atoms with van der Waals surface area (Å²) in [5, 5.41) is 0. The standard InChI is InChI=1S/C13H20O/c1-5-9-13(3,4)10-8-12-7-6-11(2)14-12/h6-8,10H,5,9H2,1-4H3/b10-8+. The van der Waals surface area contributed by atoms with Gasteiger partial charge in [-0.05, 0) is 37.0 Å². The maximum Gasteiger partial charge on any atom is 0.126 e. The summed E-state index contributed by atoms with van der Waals surface area (Å²) in [6.07, 6.45) is 6.73. The van der Waals surface area contributed by atoms with E-state index in [1.807, 2.05) is 19.1 Å². The fourth-order valence-electron chi connectivity index (χ4n) is 1.58. The van der Waals surface area contributed by atoms with Crippen molar-refractivity contribution in [3.05, 3.63) is 29.7 Å². The average molecular weight is 192 g/mol. The van der Waals surface area contributed by atoms with E-state index < -0.39 is 0 Å². The van der Waals surface area contributed by atoms with E-state index in [2.05, 4.69) is 32.9 Å². The SMILES string of the molecule is CCCC(C)(C)/C=C/c1ccc(C)o1. The molecule has 0 N–H and O–H groups in total. The Kier molecular flexibility index (Phi) is 3.56. The molecule has 0 aliphatic carbocycles. The molecule has 1 aromatic heterocycles. The number of hydrogen-bond acceptors (Lipinski definition) is 1. The third-order valence-electron chi connectivity index (χ3n) is 2.35. The predicted molar refractivity (Wildman–Crippen MR) is 61.2 cm³/mol. The summed E-state index contributed by atoms with van der Waals surface area (Å²) >= 11 is 0. The fourth-order valence-corrected chi connectivity index (χ4v) is 1.58. The zero-order valence-electron chi connectivity index (χ0n) is 9.63. The van der Waals surface area contributed by atoms with Crippen molar-refractivity contribution >= 4 is 6.08 Å². The highest BCUT2D eigenvalue weighted by atomic mass is 16.3. The van der Waals surface area contributed by atoms with Crippen molar-refractivity contribution in [2.75, 3.05) is 0 Å². The molecule has 0 amide bonds. The monoisotopic (exact) mass is 192 g/mol. The van der Waals surface area contributed by atoms with Gasteiger partial charge in [0.15, 0.2) is 0 Å². The third-order valence-corrected chi connectivity index (χ3v) is 2.35. The fraction of sp³-hybridized carbons (Fsp3) is 0.538. The van der Waals surface area contributed by atoms with Crippen LogP contribution >= 0.6 is 0 Å². The van der Waals surface area contributed by atoms with Gasteiger partial charge in [0, 0.05) is 0 Å². The molecule has 0 aromatic carbocycles. The van der Waals surface area contributed by atoms with Crippen LogP contribution in [0.3, 0.4) is 0 Å². The first-order valence-electron chi connectivity index (χ1n) is 5.29. The Morgan fingerprint density at radius 1 is 1.36 bits per heavy atom. The van der Waals surface area contributed by atoms with Crippen LogP contribution in [0.15, 0.2) is 22.6 Å². The first kappa shape index (κ1) is 11.1. The van der Waals surface area contributed by atoms with Crippen LogP contribution in [0.1, 0.15) is 45.1 Å². The first-order chi connectivity index (χ1) is 6.53. The van der Waals surface area contributed by atoms with Crippen LogP contribution in [0.4, 0.5) is 0 Å². The molecule has 78 valence electrons. The van der Waals surface area contributed by atoms with E-state index in [0.717, 1.165) is 11.5 Å². The number of aryl methyl sites for hydroxylation is 1. The largest absolute Gasteiger partial charge is 0.462 e. The van der Waals surface area contributed by atoms with E-state index in [1.54, 1.807) is 0 Å². The minimum atomic E-state index is 0.273. The van der Waals surface area contributed by atoms with Crippen molar-refractivity contribution in [1.29, 1.82) is 0 Å². The molecule has 0 saturated carbocycles. The van der Waals surface area contributed by atoms with Crippen LogP contribution in [0, 0.1) is 12.3 Å². The number of rotatable bonds is 4. The Morgan fingerprint density at radius 3 is 2.57 bits per heavy atom. The van der Waals surface area contributed by atoms with Crippen molar-refractivity contribution in [3.8, 4) is 0 Å². The molecule has 14 heavy (non-hydrogen) atoms. The van der Waals surface area contributed by atoms with E-state index in [9.17, 15) is 0 Å². The molecule has 1 heteroatoms. The molecule has 0 saturated heterocycles. The minimum Gasteiger partial charge on any atom is -0.462 e. The lowest BCUT2D eigenvalue weighted by molar-refractivity contribution is 0.432. The van der Waals surface area contributed by atoms with Crippen molar-refractivity contribution in [1.82, 2.24) is 0 Å². The van der Waals surface area contributed by atoms with Gasteiger partial charge in [-0.25, -0.2) is 0 Å². The molecule has 1 aromatic rings. The van der Waals surface area contributed by atoms with Gasteiger partial charge in [0.1, 0.15) is 11.5 Å². The molecule has 0 bridgehead atoms. The van der Waals surface area contributed by atoms with Gasteiger partial charge in [0.25, 0.3) is 0 Å². The van der Waals surface area contributed by atoms with Gasteiger partial charge >= 0.3 is 0 Å².